The molecule has 3 fully saturated rings. The van der Waals surface area contributed by atoms with E-state index in [4.69, 9.17) is 9.84 Å². The van der Waals surface area contributed by atoms with Crippen LogP contribution < -0.4 is 5.32 Å². The van der Waals surface area contributed by atoms with Gasteiger partial charge in [-0.2, -0.15) is 0 Å². The molecule has 4 nitrogen and oxygen atoms in total. The van der Waals surface area contributed by atoms with E-state index in [-0.39, 0.29) is 18.8 Å². The molecule has 4 aliphatic rings. The maximum Gasteiger partial charge on any atom is 0.407 e. The van der Waals surface area contributed by atoms with Gasteiger partial charge >= 0.3 is 6.09 Å². The fraction of sp³-hybridized carbons (Fsp3) is 0.912. The Morgan fingerprint density at radius 2 is 1.79 bits per heavy atom. The summed E-state index contributed by atoms with van der Waals surface area (Å²) in [6.45, 7) is 13.5. The van der Waals surface area contributed by atoms with E-state index in [1.807, 2.05) is 0 Å². The zero-order valence-corrected chi connectivity index (χ0v) is 25.4. The van der Waals surface area contributed by atoms with Gasteiger partial charge in [-0.15, -0.1) is 0 Å². The number of ether oxygens (including phenoxy) is 1. The Balaban J connectivity index is 1.31. The van der Waals surface area contributed by atoms with E-state index in [1.54, 1.807) is 5.57 Å². The zero-order chi connectivity index (χ0) is 27.3. The van der Waals surface area contributed by atoms with Gasteiger partial charge in [-0.3, -0.25) is 0 Å². The van der Waals surface area contributed by atoms with Crippen LogP contribution in [0.4, 0.5) is 4.79 Å². The smallest absolute Gasteiger partial charge is 0.407 e. The second-order valence-corrected chi connectivity index (χ2v) is 14.6. The Hall–Kier alpha value is -1.03. The maximum atomic E-state index is 12.4. The minimum absolute atomic E-state index is 0.0247. The van der Waals surface area contributed by atoms with Crippen LogP contribution in [0.25, 0.3) is 0 Å². The summed E-state index contributed by atoms with van der Waals surface area (Å²) >= 11 is 0. The second kappa shape index (κ2) is 13.1. The first-order valence-electron chi connectivity index (χ1n) is 16.4. The van der Waals surface area contributed by atoms with Gasteiger partial charge in [0, 0.05) is 19.6 Å². The topological polar surface area (TPSA) is 58.6 Å². The van der Waals surface area contributed by atoms with Gasteiger partial charge in [0.25, 0.3) is 0 Å². The molecule has 8 atom stereocenters. The lowest BCUT2D eigenvalue weighted by atomic mass is 9.47. The lowest BCUT2D eigenvalue weighted by molar-refractivity contribution is -0.0581. The minimum atomic E-state index is -0.247. The number of hydrogen-bond acceptors (Lipinski definition) is 3. The number of amides is 1. The van der Waals surface area contributed by atoms with Gasteiger partial charge in [0.05, 0.1) is 0 Å². The molecule has 0 heterocycles. The van der Waals surface area contributed by atoms with Gasteiger partial charge in [0.15, 0.2) is 0 Å². The highest BCUT2D eigenvalue weighted by Crippen LogP contribution is 2.67. The average molecular weight is 530 g/mol. The highest BCUT2D eigenvalue weighted by molar-refractivity contribution is 5.67. The van der Waals surface area contributed by atoms with Crippen LogP contribution >= 0.6 is 0 Å². The summed E-state index contributed by atoms with van der Waals surface area (Å²) in [6, 6.07) is 0. The predicted octanol–water partition coefficient (Wildman–Crippen LogP) is 8.68. The molecular formula is C34H59NO3. The van der Waals surface area contributed by atoms with E-state index in [9.17, 15) is 4.79 Å². The molecule has 0 radical (unpaired) electrons. The number of rotatable bonds is 12. The van der Waals surface area contributed by atoms with E-state index < -0.39 is 0 Å². The molecule has 2 N–H and O–H groups in total. The summed E-state index contributed by atoms with van der Waals surface area (Å²) in [5.41, 5.74) is 2.43. The third-order valence-corrected chi connectivity index (χ3v) is 11.9. The number of unbranched alkanes of at least 4 members (excludes halogenated alkanes) is 3. The van der Waals surface area contributed by atoms with Crippen molar-refractivity contribution < 1.29 is 14.6 Å². The van der Waals surface area contributed by atoms with Crippen LogP contribution in [0, 0.1) is 46.3 Å². The molecule has 0 spiro atoms. The third-order valence-electron chi connectivity index (χ3n) is 11.9. The lowest BCUT2D eigenvalue weighted by Gasteiger charge is -2.58. The molecule has 1 amide bonds. The van der Waals surface area contributed by atoms with Crippen molar-refractivity contribution in [3.8, 4) is 0 Å². The summed E-state index contributed by atoms with van der Waals surface area (Å²) in [6.07, 6.45) is 20.5. The SMILES string of the molecule is CC(C)CCC[C@H](C)[C@@H]1CCC2C3CC=C4C[C@H](OC(=O)NCCCCCCO)CC[C@@]4(C)C3CC[C@]21C. The summed E-state index contributed by atoms with van der Waals surface area (Å²) in [5.74, 6) is 5.16. The fourth-order valence-electron chi connectivity index (χ4n) is 9.73. The standard InChI is InChI=1S/C34H59NO3/c1-24(2)11-10-12-25(3)29-15-16-30-28-14-13-26-23-27(38-32(37)35-21-8-6-7-9-22-36)17-19-33(26,4)31(28)18-20-34(29,30)5/h13,24-25,27-31,36H,6-12,14-23H2,1-5H3,(H,35,37)/t25-,27+,28?,29-,30?,31?,33+,34-/m0/s1. The van der Waals surface area contributed by atoms with Crippen molar-refractivity contribution in [1.82, 2.24) is 5.32 Å². The average Bonchev–Trinajstić information content (AvgIpc) is 3.23. The minimum Gasteiger partial charge on any atom is -0.446 e. The lowest BCUT2D eigenvalue weighted by Crippen LogP contribution is -2.51. The highest BCUT2D eigenvalue weighted by Gasteiger charge is 2.59. The third kappa shape index (κ3) is 6.47. The molecule has 0 aromatic heterocycles. The molecule has 4 aliphatic carbocycles. The van der Waals surface area contributed by atoms with Gasteiger partial charge in [-0.1, -0.05) is 78.4 Å². The Labute approximate surface area is 234 Å². The number of carbonyl (C=O) groups excluding carboxylic acids is 1. The van der Waals surface area contributed by atoms with Crippen LogP contribution in [0.15, 0.2) is 11.6 Å². The summed E-state index contributed by atoms with van der Waals surface area (Å²) in [4.78, 5) is 12.4. The van der Waals surface area contributed by atoms with Crippen molar-refractivity contribution in [2.75, 3.05) is 13.2 Å². The monoisotopic (exact) mass is 529 g/mol. The summed E-state index contributed by atoms with van der Waals surface area (Å²) in [7, 11) is 0. The number of aliphatic hydroxyl groups is 1. The van der Waals surface area contributed by atoms with Crippen LogP contribution in [0.5, 0.6) is 0 Å². The molecule has 3 unspecified atom stereocenters. The van der Waals surface area contributed by atoms with Crippen LogP contribution in [-0.4, -0.2) is 30.5 Å². The van der Waals surface area contributed by atoms with Crippen LogP contribution in [-0.2, 0) is 4.74 Å². The van der Waals surface area contributed by atoms with Crippen molar-refractivity contribution >= 4 is 6.09 Å². The van der Waals surface area contributed by atoms with Gasteiger partial charge in [-0.05, 0) is 104 Å². The molecule has 38 heavy (non-hydrogen) atoms. The molecular weight excluding hydrogens is 470 g/mol. The Morgan fingerprint density at radius 1 is 1.00 bits per heavy atom. The van der Waals surface area contributed by atoms with Crippen LogP contribution in [0.3, 0.4) is 0 Å². The molecule has 4 heteroatoms. The molecule has 218 valence electrons. The summed E-state index contributed by atoms with van der Waals surface area (Å²) < 4.78 is 5.89. The van der Waals surface area contributed by atoms with E-state index in [1.165, 1.54) is 51.4 Å². The number of hydrogen-bond donors (Lipinski definition) is 2. The molecule has 4 rings (SSSR count). The first-order chi connectivity index (χ1) is 18.2. The Kier molecular flexibility index (Phi) is 10.3. The number of aliphatic hydroxyl groups excluding tert-OH is 1. The molecule has 0 saturated heterocycles. The van der Waals surface area contributed by atoms with Gasteiger partial charge < -0.3 is 15.2 Å². The van der Waals surface area contributed by atoms with Crippen LogP contribution in [0.2, 0.25) is 0 Å². The first kappa shape index (κ1) is 29.9. The van der Waals surface area contributed by atoms with Gasteiger partial charge in [0.2, 0.25) is 0 Å². The molecule has 3 saturated carbocycles. The first-order valence-corrected chi connectivity index (χ1v) is 16.4. The largest absolute Gasteiger partial charge is 0.446 e. The van der Waals surface area contributed by atoms with Crippen molar-refractivity contribution in [2.45, 2.75) is 137 Å². The molecule has 0 aliphatic heterocycles. The highest BCUT2D eigenvalue weighted by atomic mass is 16.6. The van der Waals surface area contributed by atoms with Gasteiger partial charge in [0.1, 0.15) is 6.10 Å². The maximum absolute atomic E-state index is 12.4. The second-order valence-electron chi connectivity index (χ2n) is 14.6. The molecule has 0 bridgehead atoms. The number of carbonyl (C=O) groups is 1. The molecule has 0 aromatic carbocycles. The summed E-state index contributed by atoms with van der Waals surface area (Å²) in [5, 5.41) is 11.8. The predicted molar refractivity (Wildman–Crippen MR) is 157 cm³/mol. The Morgan fingerprint density at radius 3 is 2.55 bits per heavy atom. The van der Waals surface area contributed by atoms with Crippen molar-refractivity contribution in [3.05, 3.63) is 11.6 Å². The Bertz CT molecular complexity index is 808. The number of nitrogens with one attached hydrogen (secondary N) is 1. The van der Waals surface area contributed by atoms with E-state index >= 15 is 0 Å². The van der Waals surface area contributed by atoms with Crippen molar-refractivity contribution in [1.29, 1.82) is 0 Å². The van der Waals surface area contributed by atoms with E-state index in [0.29, 0.717) is 17.4 Å². The normalized spacial score (nSPS) is 37.1. The zero-order valence-electron chi connectivity index (χ0n) is 25.4. The van der Waals surface area contributed by atoms with Crippen molar-refractivity contribution in [3.63, 3.8) is 0 Å². The van der Waals surface area contributed by atoms with Gasteiger partial charge in [-0.25, -0.2) is 4.79 Å². The van der Waals surface area contributed by atoms with E-state index in [2.05, 4.69) is 46.0 Å². The van der Waals surface area contributed by atoms with Crippen LogP contribution in [0.1, 0.15) is 131 Å². The number of alkyl carbamates (subject to hydrolysis) is 1. The van der Waals surface area contributed by atoms with Crippen molar-refractivity contribution in [2.24, 2.45) is 46.3 Å². The quantitative estimate of drug-likeness (QED) is 0.196. The number of allylic oxidation sites excluding steroid dienone is 1. The molecule has 0 aromatic rings. The number of fused-ring (bicyclic) bond motifs is 5. The fourth-order valence-corrected chi connectivity index (χ4v) is 9.73. The van der Waals surface area contributed by atoms with E-state index in [0.717, 1.165) is 80.5 Å².